The molecule has 17 heavy (non-hydrogen) atoms. The molecule has 0 aliphatic carbocycles. The second-order valence-electron chi connectivity index (χ2n) is 3.94. The number of aryl methyl sites for hydroxylation is 1. The van der Waals surface area contributed by atoms with Crippen LogP contribution in [0.5, 0.6) is 0 Å². The summed E-state index contributed by atoms with van der Waals surface area (Å²) in [5.74, 6) is 2.09. The van der Waals surface area contributed by atoms with Crippen LogP contribution in [0.1, 0.15) is 17.1 Å². The van der Waals surface area contributed by atoms with Crippen LogP contribution in [0.2, 0.25) is 0 Å². The number of aromatic nitrogens is 3. The fraction of sp³-hybridized carbons (Fsp3) is 0.364. The van der Waals surface area contributed by atoms with Gasteiger partial charge in [-0.1, -0.05) is 0 Å². The number of nitrogens with two attached hydrogens (primary N) is 1. The Morgan fingerprint density at radius 3 is 2.76 bits per heavy atom. The van der Waals surface area contributed by atoms with Gasteiger partial charge in [0.15, 0.2) is 0 Å². The van der Waals surface area contributed by atoms with Crippen LogP contribution in [0.25, 0.3) is 0 Å². The Morgan fingerprint density at radius 1 is 1.35 bits per heavy atom. The molecule has 2 N–H and O–H groups in total. The topological polar surface area (TPSA) is 67.9 Å². The van der Waals surface area contributed by atoms with Gasteiger partial charge in [0.1, 0.15) is 17.5 Å². The molecular weight excluding hydrogens is 234 g/mol. The number of rotatable bonds is 3. The summed E-state index contributed by atoms with van der Waals surface area (Å²) in [6, 6.07) is 0. The fourth-order valence-electron chi connectivity index (χ4n) is 1.64. The van der Waals surface area contributed by atoms with E-state index in [0.29, 0.717) is 11.6 Å². The Kier molecular flexibility index (Phi) is 3.23. The van der Waals surface area contributed by atoms with Crippen molar-refractivity contribution in [3.63, 3.8) is 0 Å². The predicted octanol–water partition coefficient (Wildman–Crippen LogP) is 1.77. The molecule has 0 saturated carbocycles. The van der Waals surface area contributed by atoms with Gasteiger partial charge < -0.3 is 10.6 Å². The number of thiazole rings is 1. The number of hydrogen-bond acceptors (Lipinski definition) is 6. The number of hydrogen-bond donors (Lipinski definition) is 1. The molecular formula is C11H15N5S. The van der Waals surface area contributed by atoms with E-state index >= 15 is 0 Å². The van der Waals surface area contributed by atoms with E-state index in [4.69, 9.17) is 5.73 Å². The molecule has 0 radical (unpaired) electrons. The zero-order valence-electron chi connectivity index (χ0n) is 10.1. The summed E-state index contributed by atoms with van der Waals surface area (Å²) in [5, 5.41) is 2.03. The average Bonchev–Trinajstić information content (AvgIpc) is 2.76. The molecule has 2 aromatic heterocycles. The lowest BCUT2D eigenvalue weighted by molar-refractivity contribution is 0.853. The minimum Gasteiger partial charge on any atom is -0.383 e. The Labute approximate surface area is 104 Å². The molecule has 0 unspecified atom stereocenters. The van der Waals surface area contributed by atoms with Crippen LogP contribution >= 0.6 is 11.3 Å². The monoisotopic (exact) mass is 249 g/mol. The van der Waals surface area contributed by atoms with Crippen LogP contribution in [0, 0.1) is 13.8 Å². The first-order chi connectivity index (χ1) is 8.08. The molecule has 6 heteroatoms. The molecule has 0 aliphatic heterocycles. The van der Waals surface area contributed by atoms with E-state index in [1.165, 1.54) is 0 Å². The molecule has 2 heterocycles. The van der Waals surface area contributed by atoms with E-state index in [2.05, 4.69) is 15.0 Å². The summed E-state index contributed by atoms with van der Waals surface area (Å²) < 4.78 is 0. The Balaban J connectivity index is 2.27. The predicted molar refractivity (Wildman–Crippen MR) is 70.1 cm³/mol. The van der Waals surface area contributed by atoms with Crippen molar-refractivity contribution in [2.75, 3.05) is 17.7 Å². The molecule has 0 saturated heterocycles. The molecule has 5 nitrogen and oxygen atoms in total. The summed E-state index contributed by atoms with van der Waals surface area (Å²) in [6.07, 6.45) is 0. The van der Waals surface area contributed by atoms with Crippen molar-refractivity contribution in [1.82, 2.24) is 15.0 Å². The molecule has 2 rings (SSSR count). The minimum absolute atomic E-state index is 0.539. The smallest absolute Gasteiger partial charge is 0.137 e. The van der Waals surface area contributed by atoms with E-state index in [1.807, 2.05) is 36.7 Å². The van der Waals surface area contributed by atoms with Gasteiger partial charge in [-0.15, -0.1) is 11.3 Å². The summed E-state index contributed by atoms with van der Waals surface area (Å²) in [6.45, 7) is 4.50. The lowest BCUT2D eigenvalue weighted by atomic mass is 10.3. The van der Waals surface area contributed by atoms with Gasteiger partial charge in [0.2, 0.25) is 0 Å². The molecule has 0 aromatic carbocycles. The second kappa shape index (κ2) is 4.67. The van der Waals surface area contributed by atoms with E-state index in [9.17, 15) is 0 Å². The van der Waals surface area contributed by atoms with Crippen molar-refractivity contribution < 1.29 is 0 Å². The van der Waals surface area contributed by atoms with E-state index in [-0.39, 0.29) is 0 Å². The van der Waals surface area contributed by atoms with Gasteiger partial charge in [-0.2, -0.15) is 0 Å². The van der Waals surface area contributed by atoms with Crippen molar-refractivity contribution in [1.29, 1.82) is 0 Å². The molecule has 0 bridgehead atoms. The quantitative estimate of drug-likeness (QED) is 0.898. The van der Waals surface area contributed by atoms with E-state index in [0.717, 1.165) is 23.6 Å². The van der Waals surface area contributed by atoms with Crippen LogP contribution in [0.4, 0.5) is 11.6 Å². The summed E-state index contributed by atoms with van der Waals surface area (Å²) in [5.41, 5.74) is 9.61. The van der Waals surface area contributed by atoms with Crippen LogP contribution in [-0.4, -0.2) is 22.0 Å². The number of nitrogens with zero attached hydrogens (tertiary/aromatic N) is 4. The highest BCUT2D eigenvalue weighted by atomic mass is 32.1. The summed E-state index contributed by atoms with van der Waals surface area (Å²) >= 11 is 1.59. The lowest BCUT2D eigenvalue weighted by Gasteiger charge is -2.20. The fourth-order valence-corrected chi connectivity index (χ4v) is 2.19. The van der Waals surface area contributed by atoms with Crippen molar-refractivity contribution >= 4 is 23.0 Å². The van der Waals surface area contributed by atoms with Crippen LogP contribution in [0.15, 0.2) is 10.9 Å². The molecule has 0 spiro atoms. The van der Waals surface area contributed by atoms with Gasteiger partial charge in [-0.25, -0.2) is 15.0 Å². The normalized spacial score (nSPS) is 10.5. The maximum absolute atomic E-state index is 5.84. The van der Waals surface area contributed by atoms with Crippen molar-refractivity contribution in [2.24, 2.45) is 0 Å². The van der Waals surface area contributed by atoms with Crippen LogP contribution in [0.3, 0.4) is 0 Å². The molecule has 90 valence electrons. The van der Waals surface area contributed by atoms with Crippen molar-refractivity contribution in [2.45, 2.75) is 20.4 Å². The van der Waals surface area contributed by atoms with E-state index in [1.54, 1.807) is 11.3 Å². The van der Waals surface area contributed by atoms with E-state index < -0.39 is 0 Å². The highest BCUT2D eigenvalue weighted by Gasteiger charge is 2.12. The maximum atomic E-state index is 5.84. The third kappa shape index (κ3) is 2.52. The van der Waals surface area contributed by atoms with Gasteiger partial charge in [-0.05, 0) is 13.8 Å². The van der Waals surface area contributed by atoms with Gasteiger partial charge in [0.25, 0.3) is 0 Å². The lowest BCUT2D eigenvalue weighted by Crippen LogP contribution is -2.20. The van der Waals surface area contributed by atoms with Gasteiger partial charge >= 0.3 is 0 Å². The summed E-state index contributed by atoms with van der Waals surface area (Å²) in [7, 11) is 1.98. The number of anilines is 2. The first-order valence-electron chi connectivity index (χ1n) is 5.27. The molecule has 0 atom stereocenters. The maximum Gasteiger partial charge on any atom is 0.137 e. The highest BCUT2D eigenvalue weighted by molar-refractivity contribution is 7.07. The van der Waals surface area contributed by atoms with Gasteiger partial charge in [-0.3, -0.25) is 0 Å². The van der Waals surface area contributed by atoms with Gasteiger partial charge in [0.05, 0.1) is 17.7 Å². The third-order valence-electron chi connectivity index (χ3n) is 2.51. The Bertz CT molecular complexity index is 509. The van der Waals surface area contributed by atoms with Crippen molar-refractivity contribution in [3.05, 3.63) is 28.0 Å². The molecule has 0 fully saturated rings. The van der Waals surface area contributed by atoms with Gasteiger partial charge in [0, 0.05) is 18.0 Å². The third-order valence-corrected chi connectivity index (χ3v) is 3.15. The first kappa shape index (κ1) is 11.8. The Morgan fingerprint density at radius 2 is 2.12 bits per heavy atom. The Hall–Kier alpha value is -1.69. The second-order valence-corrected chi connectivity index (χ2v) is 4.66. The first-order valence-corrected chi connectivity index (χ1v) is 6.21. The molecule has 2 aromatic rings. The number of nitrogen functional groups attached to an aromatic ring is 1. The average molecular weight is 249 g/mol. The zero-order valence-corrected chi connectivity index (χ0v) is 11.0. The molecule has 0 aliphatic rings. The highest BCUT2D eigenvalue weighted by Crippen LogP contribution is 2.21. The standard InChI is InChI=1S/C11H15N5S/c1-7-10(12)14-8(2)15-11(7)16(3)4-9-5-17-6-13-9/h5-6H,4H2,1-3H3,(H2,12,14,15). The summed E-state index contributed by atoms with van der Waals surface area (Å²) in [4.78, 5) is 14.9. The minimum atomic E-state index is 0.539. The SMILES string of the molecule is Cc1nc(N)c(C)c(N(C)Cc2cscn2)n1. The zero-order chi connectivity index (χ0) is 12.4. The molecule has 0 amide bonds. The van der Waals surface area contributed by atoms with Crippen LogP contribution < -0.4 is 10.6 Å². The van der Waals surface area contributed by atoms with Crippen LogP contribution in [-0.2, 0) is 6.54 Å². The van der Waals surface area contributed by atoms with Crippen molar-refractivity contribution in [3.8, 4) is 0 Å². The largest absolute Gasteiger partial charge is 0.383 e.